The maximum Gasteiger partial charge on any atom is 0.148 e. The molecule has 0 saturated carbocycles. The Bertz CT molecular complexity index is 575. The van der Waals surface area contributed by atoms with Gasteiger partial charge < -0.3 is 15.8 Å². The molecule has 0 radical (unpaired) electrons. The molecule has 3 N–H and O–H groups in total. The first kappa shape index (κ1) is 12.5. The lowest BCUT2D eigenvalue weighted by molar-refractivity contribution is 0.417. The number of nitrogens with one attached hydrogen (secondary N) is 1. The van der Waals surface area contributed by atoms with Gasteiger partial charge in [-0.25, -0.2) is 4.39 Å². The van der Waals surface area contributed by atoms with Gasteiger partial charge in [-0.1, -0.05) is 11.6 Å². The van der Waals surface area contributed by atoms with E-state index >= 15 is 0 Å². The molecule has 0 heterocycles. The van der Waals surface area contributed by atoms with Crippen LogP contribution in [0.1, 0.15) is 0 Å². The SMILES string of the molecule is COc1ccc(Cl)cc1Nc1ccc(N)cc1F. The molecule has 5 heteroatoms. The number of nitrogens with two attached hydrogens (primary N) is 1. The van der Waals surface area contributed by atoms with Crippen molar-refractivity contribution in [3.8, 4) is 5.75 Å². The van der Waals surface area contributed by atoms with Crippen molar-refractivity contribution in [2.45, 2.75) is 0 Å². The number of methoxy groups -OCH3 is 1. The molecule has 0 aliphatic heterocycles. The van der Waals surface area contributed by atoms with E-state index in [0.29, 0.717) is 27.8 Å². The van der Waals surface area contributed by atoms with Crippen molar-refractivity contribution in [1.29, 1.82) is 0 Å². The Labute approximate surface area is 109 Å². The zero-order valence-corrected chi connectivity index (χ0v) is 10.5. The lowest BCUT2D eigenvalue weighted by Gasteiger charge is -2.12. The van der Waals surface area contributed by atoms with Crippen molar-refractivity contribution in [3.63, 3.8) is 0 Å². The minimum atomic E-state index is -0.433. The second kappa shape index (κ2) is 5.14. The van der Waals surface area contributed by atoms with Crippen molar-refractivity contribution in [2.24, 2.45) is 0 Å². The molecule has 0 aliphatic rings. The summed E-state index contributed by atoms with van der Waals surface area (Å²) >= 11 is 5.90. The molecule has 0 spiro atoms. The summed E-state index contributed by atoms with van der Waals surface area (Å²) in [5.74, 6) is 0.146. The first-order valence-corrected chi connectivity index (χ1v) is 5.63. The fourth-order valence-corrected chi connectivity index (χ4v) is 1.73. The van der Waals surface area contributed by atoms with Crippen LogP contribution in [0.25, 0.3) is 0 Å². The minimum absolute atomic E-state index is 0.310. The standard InChI is InChI=1S/C13H12ClFN2O/c1-18-13-5-2-8(14)6-12(13)17-11-4-3-9(16)7-10(11)15/h2-7,17H,16H2,1H3. The third kappa shape index (κ3) is 2.65. The molecular formula is C13H12ClFN2O. The van der Waals surface area contributed by atoms with Gasteiger partial charge in [0.15, 0.2) is 0 Å². The molecule has 0 unspecified atom stereocenters. The van der Waals surface area contributed by atoms with Crippen LogP contribution in [0, 0.1) is 5.82 Å². The van der Waals surface area contributed by atoms with Crippen LogP contribution in [0.5, 0.6) is 5.75 Å². The van der Waals surface area contributed by atoms with Gasteiger partial charge in [0.2, 0.25) is 0 Å². The van der Waals surface area contributed by atoms with Gasteiger partial charge in [0.1, 0.15) is 11.6 Å². The quantitative estimate of drug-likeness (QED) is 0.831. The summed E-state index contributed by atoms with van der Waals surface area (Å²) in [5.41, 5.74) is 6.76. The van der Waals surface area contributed by atoms with Crippen molar-refractivity contribution in [1.82, 2.24) is 0 Å². The molecule has 0 atom stereocenters. The fourth-order valence-electron chi connectivity index (χ4n) is 1.56. The van der Waals surface area contributed by atoms with Crippen molar-refractivity contribution < 1.29 is 9.13 Å². The van der Waals surface area contributed by atoms with E-state index in [1.54, 1.807) is 30.3 Å². The predicted octanol–water partition coefficient (Wildman–Crippen LogP) is 3.81. The number of benzene rings is 2. The average molecular weight is 267 g/mol. The van der Waals surface area contributed by atoms with E-state index in [4.69, 9.17) is 22.1 Å². The van der Waals surface area contributed by atoms with E-state index in [9.17, 15) is 4.39 Å². The van der Waals surface area contributed by atoms with Crippen molar-refractivity contribution >= 4 is 28.7 Å². The topological polar surface area (TPSA) is 47.3 Å². The number of ether oxygens (including phenoxy) is 1. The Hall–Kier alpha value is -1.94. The van der Waals surface area contributed by atoms with E-state index in [-0.39, 0.29) is 0 Å². The van der Waals surface area contributed by atoms with E-state index < -0.39 is 5.82 Å². The van der Waals surface area contributed by atoms with Crippen LogP contribution in [0.4, 0.5) is 21.5 Å². The van der Waals surface area contributed by atoms with E-state index in [1.165, 1.54) is 13.2 Å². The highest BCUT2D eigenvalue weighted by Crippen LogP contribution is 2.31. The summed E-state index contributed by atoms with van der Waals surface area (Å²) in [5, 5.41) is 3.46. The summed E-state index contributed by atoms with van der Waals surface area (Å²) in [6.45, 7) is 0. The number of hydrogen-bond acceptors (Lipinski definition) is 3. The smallest absolute Gasteiger partial charge is 0.148 e. The van der Waals surface area contributed by atoms with Gasteiger partial charge >= 0.3 is 0 Å². The molecule has 0 bridgehead atoms. The minimum Gasteiger partial charge on any atom is -0.495 e. The molecule has 94 valence electrons. The van der Waals surface area contributed by atoms with Gasteiger partial charge in [-0.05, 0) is 36.4 Å². The zero-order valence-electron chi connectivity index (χ0n) is 9.71. The number of nitrogen functional groups attached to an aromatic ring is 1. The van der Waals surface area contributed by atoms with Crippen molar-refractivity contribution in [3.05, 3.63) is 47.2 Å². The van der Waals surface area contributed by atoms with Crippen LogP contribution in [0.15, 0.2) is 36.4 Å². The summed E-state index contributed by atoms with van der Waals surface area (Å²) in [6.07, 6.45) is 0. The monoisotopic (exact) mass is 266 g/mol. The molecule has 0 aromatic heterocycles. The maximum atomic E-state index is 13.7. The Morgan fingerprint density at radius 2 is 1.94 bits per heavy atom. The largest absolute Gasteiger partial charge is 0.495 e. The highest BCUT2D eigenvalue weighted by molar-refractivity contribution is 6.31. The van der Waals surface area contributed by atoms with Gasteiger partial charge in [0, 0.05) is 10.7 Å². The van der Waals surface area contributed by atoms with Crippen LogP contribution < -0.4 is 15.8 Å². The van der Waals surface area contributed by atoms with Crippen LogP contribution >= 0.6 is 11.6 Å². The highest BCUT2D eigenvalue weighted by atomic mass is 35.5. The molecule has 3 nitrogen and oxygen atoms in total. The molecule has 0 amide bonds. The molecule has 0 saturated heterocycles. The summed E-state index contributed by atoms with van der Waals surface area (Å²) in [4.78, 5) is 0. The predicted molar refractivity (Wildman–Crippen MR) is 72.1 cm³/mol. The van der Waals surface area contributed by atoms with Crippen LogP contribution in [-0.2, 0) is 0 Å². The second-order valence-corrected chi connectivity index (χ2v) is 4.15. The van der Waals surface area contributed by atoms with Gasteiger partial charge in [-0.3, -0.25) is 0 Å². The molecule has 2 aromatic rings. The first-order valence-electron chi connectivity index (χ1n) is 5.26. The molecule has 2 rings (SSSR count). The molecule has 0 fully saturated rings. The molecule has 18 heavy (non-hydrogen) atoms. The number of anilines is 3. The Balaban J connectivity index is 2.36. The normalized spacial score (nSPS) is 10.2. The van der Waals surface area contributed by atoms with Gasteiger partial charge in [-0.15, -0.1) is 0 Å². The zero-order chi connectivity index (χ0) is 13.1. The summed E-state index contributed by atoms with van der Waals surface area (Å²) in [7, 11) is 1.54. The Morgan fingerprint density at radius 3 is 2.61 bits per heavy atom. The third-order valence-corrected chi connectivity index (χ3v) is 2.66. The van der Waals surface area contributed by atoms with Gasteiger partial charge in [0.05, 0.1) is 18.5 Å². The number of hydrogen-bond donors (Lipinski definition) is 2. The molecule has 0 aliphatic carbocycles. The first-order chi connectivity index (χ1) is 8.60. The summed E-state index contributed by atoms with van der Waals surface area (Å²) in [6, 6.07) is 9.49. The van der Waals surface area contributed by atoms with E-state index in [2.05, 4.69) is 5.32 Å². The number of rotatable bonds is 3. The van der Waals surface area contributed by atoms with Gasteiger partial charge in [-0.2, -0.15) is 0 Å². The van der Waals surface area contributed by atoms with Crippen LogP contribution in [0.3, 0.4) is 0 Å². The van der Waals surface area contributed by atoms with E-state index in [0.717, 1.165) is 0 Å². The average Bonchev–Trinajstić information content (AvgIpc) is 2.33. The maximum absolute atomic E-state index is 13.7. The fraction of sp³-hybridized carbons (Fsp3) is 0.0769. The van der Waals surface area contributed by atoms with Gasteiger partial charge in [0.25, 0.3) is 0 Å². The van der Waals surface area contributed by atoms with Crippen LogP contribution in [-0.4, -0.2) is 7.11 Å². The second-order valence-electron chi connectivity index (χ2n) is 3.71. The van der Waals surface area contributed by atoms with Crippen molar-refractivity contribution in [2.75, 3.05) is 18.2 Å². The summed E-state index contributed by atoms with van der Waals surface area (Å²) < 4.78 is 18.8. The lowest BCUT2D eigenvalue weighted by Crippen LogP contribution is -1.98. The molecular weight excluding hydrogens is 255 g/mol. The lowest BCUT2D eigenvalue weighted by atomic mass is 10.2. The number of halogens is 2. The Morgan fingerprint density at radius 1 is 1.17 bits per heavy atom. The molecule has 2 aromatic carbocycles. The van der Waals surface area contributed by atoms with Crippen LogP contribution in [0.2, 0.25) is 5.02 Å². The van der Waals surface area contributed by atoms with E-state index in [1.807, 2.05) is 0 Å². The Kier molecular flexibility index (Phi) is 3.58. The highest BCUT2D eigenvalue weighted by Gasteiger charge is 2.07. The third-order valence-electron chi connectivity index (χ3n) is 2.42.